The van der Waals surface area contributed by atoms with Crippen LogP contribution in [0.1, 0.15) is 44.7 Å². The number of ether oxygens (including phenoxy) is 1. The molecule has 0 spiro atoms. The van der Waals surface area contributed by atoms with Crippen molar-refractivity contribution in [2.24, 2.45) is 7.05 Å². The summed E-state index contributed by atoms with van der Waals surface area (Å²) in [6.45, 7) is 8.89. The molecule has 0 aliphatic carbocycles. The number of nitrogens with one attached hydrogen (secondary N) is 1. The van der Waals surface area contributed by atoms with Gasteiger partial charge in [0.05, 0.1) is 6.54 Å². The van der Waals surface area contributed by atoms with E-state index < -0.39 is 27.1 Å². The van der Waals surface area contributed by atoms with Crippen molar-refractivity contribution in [1.82, 2.24) is 24.4 Å². The molecule has 1 atom stereocenters. The summed E-state index contributed by atoms with van der Waals surface area (Å²) < 4.78 is 32.9. The lowest BCUT2D eigenvalue weighted by Gasteiger charge is -2.34. The van der Waals surface area contributed by atoms with Gasteiger partial charge in [-0.15, -0.1) is 0 Å². The molecule has 1 N–H and O–H groups in total. The van der Waals surface area contributed by atoms with Crippen molar-refractivity contribution in [3.05, 3.63) is 45.7 Å². The van der Waals surface area contributed by atoms with Gasteiger partial charge in [-0.2, -0.15) is 9.97 Å². The quantitative estimate of drug-likeness (QED) is 0.498. The molecule has 3 heterocycles. The van der Waals surface area contributed by atoms with Crippen molar-refractivity contribution < 1.29 is 17.9 Å². The standard InChI is InChI=1S/C25H34N6O5S/c1-16-10-7-8-11-17(16)14-31-19-20(28-23(37(6,34)35)29(5)21(19)32)27-22(31)30-13-9-12-18(15-30)26-24(33)36-25(2,3)4/h7-8,10-11,18H,9,12-15H2,1-6H3,(H,26,33)/t18-/m1/s1. The summed E-state index contributed by atoms with van der Waals surface area (Å²) in [7, 11) is -2.35. The SMILES string of the molecule is Cc1ccccc1Cn1c(N2CCC[C@@H](NC(=O)OC(C)(C)C)C2)nc2nc(S(C)(=O)=O)n(C)c(=O)c21. The third-order valence-electron chi connectivity index (χ3n) is 6.27. The molecule has 4 rings (SSSR count). The Morgan fingerprint density at radius 1 is 1.22 bits per heavy atom. The monoisotopic (exact) mass is 530 g/mol. The number of piperidine rings is 1. The van der Waals surface area contributed by atoms with Crippen LogP contribution in [-0.4, -0.2) is 64.6 Å². The van der Waals surface area contributed by atoms with Gasteiger partial charge in [0.2, 0.25) is 20.9 Å². The maximum absolute atomic E-state index is 13.4. The molecular formula is C25H34N6O5S. The Labute approximate surface area is 216 Å². The summed E-state index contributed by atoms with van der Waals surface area (Å²) in [6, 6.07) is 7.67. The van der Waals surface area contributed by atoms with Crippen LogP contribution < -0.4 is 15.8 Å². The highest BCUT2D eigenvalue weighted by Crippen LogP contribution is 2.26. The molecule has 0 radical (unpaired) electrons. The summed E-state index contributed by atoms with van der Waals surface area (Å²) in [5, 5.41) is 2.60. The Morgan fingerprint density at radius 2 is 1.92 bits per heavy atom. The molecule has 1 amide bonds. The highest BCUT2D eigenvalue weighted by molar-refractivity contribution is 7.90. The van der Waals surface area contributed by atoms with Gasteiger partial charge in [-0.1, -0.05) is 24.3 Å². The second-order valence-corrected chi connectivity index (χ2v) is 12.5. The number of amides is 1. The predicted octanol–water partition coefficient (Wildman–Crippen LogP) is 2.38. The van der Waals surface area contributed by atoms with Crippen LogP contribution in [0.5, 0.6) is 0 Å². The van der Waals surface area contributed by atoms with Gasteiger partial charge in [0.1, 0.15) is 5.60 Å². The molecular weight excluding hydrogens is 496 g/mol. The summed E-state index contributed by atoms with van der Waals surface area (Å²) in [6.07, 6.45) is 2.09. The summed E-state index contributed by atoms with van der Waals surface area (Å²) >= 11 is 0. The van der Waals surface area contributed by atoms with Crippen LogP contribution in [0.15, 0.2) is 34.2 Å². The minimum absolute atomic E-state index is 0.0781. The fourth-order valence-corrected chi connectivity index (χ4v) is 5.39. The third kappa shape index (κ3) is 5.79. The van der Waals surface area contributed by atoms with Gasteiger partial charge in [0.25, 0.3) is 5.56 Å². The van der Waals surface area contributed by atoms with Crippen LogP contribution in [0.25, 0.3) is 11.2 Å². The molecule has 37 heavy (non-hydrogen) atoms. The van der Waals surface area contributed by atoms with Gasteiger partial charge in [-0.25, -0.2) is 13.2 Å². The highest BCUT2D eigenvalue weighted by atomic mass is 32.2. The molecule has 0 bridgehead atoms. The number of aromatic nitrogens is 4. The fraction of sp³-hybridized carbons (Fsp3) is 0.520. The van der Waals surface area contributed by atoms with E-state index in [1.54, 1.807) is 4.57 Å². The number of hydrogen-bond acceptors (Lipinski definition) is 8. The molecule has 3 aromatic rings. The smallest absolute Gasteiger partial charge is 0.407 e. The van der Waals surface area contributed by atoms with Crippen molar-refractivity contribution >= 4 is 33.0 Å². The average molecular weight is 531 g/mol. The van der Waals surface area contributed by atoms with Gasteiger partial charge in [0.15, 0.2) is 11.2 Å². The fourth-order valence-electron chi connectivity index (χ4n) is 4.56. The van der Waals surface area contributed by atoms with Crippen molar-refractivity contribution in [2.45, 2.75) is 63.9 Å². The lowest BCUT2D eigenvalue weighted by Crippen LogP contribution is -2.49. The Balaban J connectivity index is 1.79. The number of sulfone groups is 1. The second-order valence-electron chi connectivity index (χ2n) is 10.6. The number of carbonyl (C=O) groups excluding carboxylic acids is 1. The van der Waals surface area contributed by atoms with Crippen LogP contribution >= 0.6 is 0 Å². The summed E-state index contributed by atoms with van der Waals surface area (Å²) in [4.78, 5) is 36.8. The lowest BCUT2D eigenvalue weighted by atomic mass is 10.1. The molecule has 0 unspecified atom stereocenters. The number of alkyl carbamates (subject to hydrolysis) is 1. The minimum Gasteiger partial charge on any atom is -0.444 e. The number of hydrogen-bond donors (Lipinski definition) is 1. The van der Waals surface area contributed by atoms with Crippen molar-refractivity contribution in [3.63, 3.8) is 0 Å². The van der Waals surface area contributed by atoms with Gasteiger partial charge in [-0.3, -0.25) is 13.9 Å². The Hall–Kier alpha value is -3.41. The van der Waals surface area contributed by atoms with Crippen LogP contribution in [-0.2, 0) is 28.2 Å². The van der Waals surface area contributed by atoms with Gasteiger partial charge < -0.3 is 15.0 Å². The maximum atomic E-state index is 13.4. The minimum atomic E-state index is -3.75. The zero-order chi connectivity index (χ0) is 27.1. The van der Waals surface area contributed by atoms with E-state index in [9.17, 15) is 18.0 Å². The molecule has 200 valence electrons. The first-order valence-electron chi connectivity index (χ1n) is 12.2. The summed E-state index contributed by atoms with van der Waals surface area (Å²) in [5.74, 6) is 0.504. The Bertz CT molecular complexity index is 1500. The number of rotatable bonds is 5. The van der Waals surface area contributed by atoms with Crippen LogP contribution in [0.2, 0.25) is 0 Å². The van der Waals surface area contributed by atoms with Crippen LogP contribution in [0.3, 0.4) is 0 Å². The van der Waals surface area contributed by atoms with E-state index in [1.807, 2.05) is 56.9 Å². The molecule has 12 heteroatoms. The van der Waals surface area contributed by atoms with Gasteiger partial charge in [0, 0.05) is 32.4 Å². The lowest BCUT2D eigenvalue weighted by molar-refractivity contribution is 0.0499. The molecule has 1 aromatic carbocycles. The molecule has 1 saturated heterocycles. The van der Waals surface area contributed by atoms with Crippen LogP contribution in [0, 0.1) is 6.92 Å². The molecule has 1 aliphatic heterocycles. The third-order valence-corrected chi connectivity index (χ3v) is 7.30. The van der Waals surface area contributed by atoms with E-state index in [-0.39, 0.29) is 22.4 Å². The number of anilines is 1. The number of benzene rings is 1. The second kappa shape index (κ2) is 9.81. The molecule has 11 nitrogen and oxygen atoms in total. The first-order valence-corrected chi connectivity index (χ1v) is 14.1. The van der Waals surface area contributed by atoms with E-state index in [0.717, 1.165) is 34.8 Å². The van der Waals surface area contributed by atoms with Gasteiger partial charge in [-0.05, 0) is 51.7 Å². The number of carbonyl (C=O) groups is 1. The Morgan fingerprint density at radius 3 is 2.57 bits per heavy atom. The Kier molecular flexibility index (Phi) is 7.06. The average Bonchev–Trinajstić information content (AvgIpc) is 3.14. The van der Waals surface area contributed by atoms with E-state index in [2.05, 4.69) is 15.3 Å². The molecule has 1 fully saturated rings. The topological polar surface area (TPSA) is 128 Å². The highest BCUT2D eigenvalue weighted by Gasteiger charge is 2.29. The number of aryl methyl sites for hydroxylation is 1. The first-order chi connectivity index (χ1) is 17.2. The zero-order valence-electron chi connectivity index (χ0n) is 22.1. The van der Waals surface area contributed by atoms with E-state index in [0.29, 0.717) is 25.6 Å². The number of nitrogens with zero attached hydrogens (tertiary/aromatic N) is 5. The van der Waals surface area contributed by atoms with E-state index >= 15 is 0 Å². The largest absolute Gasteiger partial charge is 0.444 e. The van der Waals surface area contributed by atoms with Crippen molar-refractivity contribution in [1.29, 1.82) is 0 Å². The zero-order valence-corrected chi connectivity index (χ0v) is 22.9. The predicted molar refractivity (Wildman–Crippen MR) is 141 cm³/mol. The van der Waals surface area contributed by atoms with E-state index in [4.69, 9.17) is 4.74 Å². The maximum Gasteiger partial charge on any atom is 0.407 e. The normalized spacial score (nSPS) is 16.7. The number of fused-ring (bicyclic) bond motifs is 1. The number of imidazole rings is 1. The van der Waals surface area contributed by atoms with E-state index in [1.165, 1.54) is 7.05 Å². The summed E-state index contributed by atoms with van der Waals surface area (Å²) in [5.41, 5.74) is 1.26. The molecule has 0 saturated carbocycles. The first kappa shape index (κ1) is 26.6. The van der Waals surface area contributed by atoms with Crippen molar-refractivity contribution in [3.8, 4) is 0 Å². The molecule has 1 aliphatic rings. The van der Waals surface area contributed by atoms with Gasteiger partial charge >= 0.3 is 6.09 Å². The molecule has 2 aromatic heterocycles. The van der Waals surface area contributed by atoms with Crippen molar-refractivity contribution in [2.75, 3.05) is 24.2 Å². The van der Waals surface area contributed by atoms with Crippen LogP contribution in [0.4, 0.5) is 10.7 Å².